The maximum absolute atomic E-state index is 15.5. The number of likely N-dealkylation sites (tertiary alicyclic amines) is 2. The zero-order valence-electron chi connectivity index (χ0n) is 32.8. The normalized spacial score (nSPS) is 18.4. The molecule has 14 nitrogen and oxygen atoms in total. The molecule has 1 atom stereocenters. The smallest absolute Gasteiger partial charge is 0.301 e. The second-order valence-corrected chi connectivity index (χ2v) is 17.0. The van der Waals surface area contributed by atoms with E-state index in [-0.39, 0.29) is 35.7 Å². The lowest BCUT2D eigenvalue weighted by atomic mass is 9.89. The van der Waals surface area contributed by atoms with Gasteiger partial charge >= 0.3 is 10.2 Å². The number of piperidine rings is 3. The summed E-state index contributed by atoms with van der Waals surface area (Å²) in [5, 5.41) is 5.89. The number of halogens is 2. The minimum Gasteiger partial charge on any atom is -0.374 e. The number of amides is 3. The number of hydrogen-bond donors (Lipinski definition) is 4. The molecule has 5 heterocycles. The summed E-state index contributed by atoms with van der Waals surface area (Å²) in [7, 11) is -2.84. The van der Waals surface area contributed by atoms with Crippen molar-refractivity contribution >= 4 is 56.1 Å². The lowest BCUT2D eigenvalue weighted by molar-refractivity contribution is -0.134. The van der Waals surface area contributed by atoms with Gasteiger partial charge in [-0.2, -0.15) is 12.7 Å². The summed E-state index contributed by atoms with van der Waals surface area (Å²) in [6, 6.07) is 11.1. The van der Waals surface area contributed by atoms with E-state index in [2.05, 4.69) is 54.2 Å². The Bertz CT molecular complexity index is 2430. The van der Waals surface area contributed by atoms with Crippen molar-refractivity contribution in [3.63, 3.8) is 0 Å². The van der Waals surface area contributed by atoms with Gasteiger partial charge < -0.3 is 15.2 Å². The summed E-state index contributed by atoms with van der Waals surface area (Å²) in [4.78, 5) is 61.6. The van der Waals surface area contributed by atoms with Crippen LogP contribution in [0.4, 0.5) is 20.2 Å². The van der Waals surface area contributed by atoms with E-state index in [4.69, 9.17) is 0 Å². The van der Waals surface area contributed by atoms with Crippen molar-refractivity contribution < 1.29 is 36.4 Å². The van der Waals surface area contributed by atoms with Crippen LogP contribution in [0.15, 0.2) is 54.9 Å². The van der Waals surface area contributed by atoms with E-state index >= 15 is 4.39 Å². The van der Waals surface area contributed by atoms with Crippen LogP contribution in [0.1, 0.15) is 78.4 Å². The number of hydrogen-bond acceptors (Lipinski definition) is 9. The van der Waals surface area contributed by atoms with Crippen molar-refractivity contribution in [2.45, 2.75) is 57.4 Å². The fourth-order valence-corrected chi connectivity index (χ4v) is 8.61. The number of fused-ring (bicyclic) bond motifs is 1. The molecular formula is C42H46F2N8O6S. The number of carbonyl (C=O) groups is 4. The highest BCUT2D eigenvalue weighted by atomic mass is 32.2. The fraction of sp³-hybridized carbons (Fsp3) is 0.405. The number of nitrogens with zero attached hydrogens (tertiary/aromatic N) is 4. The highest BCUT2D eigenvalue weighted by Crippen LogP contribution is 2.31. The molecule has 2 aromatic carbocycles. The van der Waals surface area contributed by atoms with Gasteiger partial charge in [0.05, 0.1) is 17.8 Å². The average molecular weight is 829 g/mol. The predicted molar refractivity (Wildman–Crippen MR) is 218 cm³/mol. The molecule has 310 valence electrons. The zero-order valence-corrected chi connectivity index (χ0v) is 33.6. The summed E-state index contributed by atoms with van der Waals surface area (Å²) < 4.78 is 58.5. The van der Waals surface area contributed by atoms with E-state index in [0.717, 1.165) is 48.1 Å². The van der Waals surface area contributed by atoms with Crippen LogP contribution < -0.4 is 15.4 Å². The molecule has 7 rings (SSSR count). The molecule has 3 aliphatic heterocycles. The van der Waals surface area contributed by atoms with Crippen molar-refractivity contribution in [2.24, 2.45) is 5.92 Å². The van der Waals surface area contributed by atoms with Crippen molar-refractivity contribution in [1.29, 1.82) is 0 Å². The summed E-state index contributed by atoms with van der Waals surface area (Å²) in [6.45, 7) is 4.87. The van der Waals surface area contributed by atoms with Crippen LogP contribution in [0.3, 0.4) is 0 Å². The Kier molecular flexibility index (Phi) is 12.4. The maximum Gasteiger partial charge on any atom is 0.301 e. The number of rotatable bonds is 11. The first-order chi connectivity index (χ1) is 28.3. The predicted octanol–water partition coefficient (Wildman–Crippen LogP) is 4.37. The van der Waals surface area contributed by atoms with Gasteiger partial charge in [-0.3, -0.25) is 34.1 Å². The molecular weight excluding hydrogens is 783 g/mol. The first kappa shape index (κ1) is 41.5. The lowest BCUT2D eigenvalue weighted by Gasteiger charge is -2.35. The van der Waals surface area contributed by atoms with Gasteiger partial charge in [-0.1, -0.05) is 30.9 Å². The standard InChI is InChI=1S/C42H46F2N8O6S/c1-3-50(2)59(57,58)49-34-11-10-33(43)38(39(34)44)40(55)32-24-46-41-31(32)22-27(23-45-41)5-4-26-14-20-52(21-15-26)37(54)25-51-18-16-29(17-19-51)28-6-8-30(9-7-28)47-35-12-13-36(53)48-42(35)56/h6-11,22-24,26,29,35,47,49H,3,12-21,25H2,1-2H3,(H,45,46)(H,48,53,56). The number of imide groups is 1. The fourth-order valence-electron chi connectivity index (χ4n) is 7.68. The third-order valence-corrected chi connectivity index (χ3v) is 12.9. The average Bonchev–Trinajstić information content (AvgIpc) is 3.66. The minimum absolute atomic E-state index is 0.0323. The monoisotopic (exact) mass is 828 g/mol. The summed E-state index contributed by atoms with van der Waals surface area (Å²) in [5.41, 5.74) is 1.36. The van der Waals surface area contributed by atoms with Crippen LogP contribution in [0, 0.1) is 29.4 Å². The number of nitrogens with one attached hydrogen (secondary N) is 4. The van der Waals surface area contributed by atoms with E-state index in [9.17, 15) is 32.0 Å². The number of anilines is 2. The molecule has 4 aromatic rings. The molecule has 0 radical (unpaired) electrons. The van der Waals surface area contributed by atoms with Crippen molar-refractivity contribution in [2.75, 3.05) is 56.4 Å². The molecule has 4 N–H and O–H groups in total. The van der Waals surface area contributed by atoms with E-state index in [1.165, 1.54) is 18.8 Å². The number of carbonyl (C=O) groups excluding carboxylic acids is 4. The molecule has 3 amide bonds. The Labute approximate surface area is 341 Å². The molecule has 0 aliphatic carbocycles. The molecule has 17 heteroatoms. The molecule has 3 fully saturated rings. The Balaban J connectivity index is 0.901. The van der Waals surface area contributed by atoms with Gasteiger partial charge in [0.1, 0.15) is 17.5 Å². The molecule has 3 saturated heterocycles. The van der Waals surface area contributed by atoms with Crippen LogP contribution in [0.5, 0.6) is 0 Å². The molecule has 0 saturated carbocycles. The van der Waals surface area contributed by atoms with E-state index < -0.39 is 44.9 Å². The SMILES string of the molecule is CCN(C)S(=O)(=O)Nc1ccc(F)c(C(=O)c2c[nH]c3ncc(C#CC4CCN(C(=O)CN5CCC(c6ccc(NC7CCC(=O)NC7=O)cc6)CC5)CC4)cc23)c1F. The summed E-state index contributed by atoms with van der Waals surface area (Å²) in [5.74, 6) is 2.89. The second kappa shape index (κ2) is 17.7. The Morgan fingerprint density at radius 2 is 1.73 bits per heavy atom. The molecule has 0 spiro atoms. The first-order valence-electron chi connectivity index (χ1n) is 19.8. The van der Waals surface area contributed by atoms with Crippen molar-refractivity contribution in [3.8, 4) is 11.8 Å². The number of pyridine rings is 1. The number of aromatic amines is 1. The minimum atomic E-state index is -4.14. The third-order valence-electron chi connectivity index (χ3n) is 11.4. The summed E-state index contributed by atoms with van der Waals surface area (Å²) >= 11 is 0. The lowest BCUT2D eigenvalue weighted by Crippen LogP contribution is -2.47. The number of H-pyrrole nitrogens is 1. The van der Waals surface area contributed by atoms with E-state index in [0.29, 0.717) is 67.8 Å². The van der Waals surface area contributed by atoms with Gasteiger partial charge in [-0.15, -0.1) is 0 Å². The topological polar surface area (TPSA) is 177 Å². The highest BCUT2D eigenvalue weighted by molar-refractivity contribution is 7.90. The van der Waals surface area contributed by atoms with Crippen LogP contribution in [0.25, 0.3) is 11.0 Å². The van der Waals surface area contributed by atoms with Crippen LogP contribution in [0.2, 0.25) is 0 Å². The maximum atomic E-state index is 15.5. The Hall–Kier alpha value is -5.70. The third kappa shape index (κ3) is 9.46. The largest absolute Gasteiger partial charge is 0.374 e. The zero-order chi connectivity index (χ0) is 41.8. The Morgan fingerprint density at radius 1 is 1.00 bits per heavy atom. The van der Waals surface area contributed by atoms with Gasteiger partial charge in [0.25, 0.3) is 0 Å². The van der Waals surface area contributed by atoms with Gasteiger partial charge in [0.2, 0.25) is 23.5 Å². The molecule has 59 heavy (non-hydrogen) atoms. The van der Waals surface area contributed by atoms with Crippen molar-refractivity contribution in [1.82, 2.24) is 29.4 Å². The second-order valence-electron chi connectivity index (χ2n) is 15.2. The van der Waals surface area contributed by atoms with Gasteiger partial charge in [-0.25, -0.2) is 13.8 Å². The van der Waals surface area contributed by atoms with Gasteiger partial charge in [-0.05, 0) is 87.0 Å². The number of benzene rings is 2. The Morgan fingerprint density at radius 3 is 2.42 bits per heavy atom. The van der Waals surface area contributed by atoms with Gasteiger partial charge in [0, 0.05) is 73.6 Å². The van der Waals surface area contributed by atoms with Gasteiger partial charge in [0.15, 0.2) is 5.82 Å². The number of ketones is 1. The van der Waals surface area contributed by atoms with Crippen molar-refractivity contribution in [3.05, 3.63) is 88.7 Å². The van der Waals surface area contributed by atoms with Crippen LogP contribution in [-0.4, -0.2) is 108 Å². The molecule has 1 unspecified atom stereocenters. The van der Waals surface area contributed by atoms with Crippen LogP contribution in [-0.2, 0) is 24.6 Å². The quantitative estimate of drug-likeness (QED) is 0.0972. The molecule has 0 bridgehead atoms. The first-order valence-corrected chi connectivity index (χ1v) is 21.2. The highest BCUT2D eigenvalue weighted by Gasteiger charge is 2.30. The van der Waals surface area contributed by atoms with E-state index in [1.54, 1.807) is 19.2 Å². The molecule has 3 aliphatic rings. The summed E-state index contributed by atoms with van der Waals surface area (Å²) in [6.07, 6.45) is 6.91. The molecule has 2 aromatic heterocycles. The van der Waals surface area contributed by atoms with Crippen LogP contribution >= 0.6 is 0 Å². The number of aromatic nitrogens is 2. The van der Waals surface area contributed by atoms with E-state index in [1.807, 2.05) is 17.0 Å².